The molecule has 0 spiro atoms. The molecule has 0 unspecified atom stereocenters. The number of halogens is 1. The van der Waals surface area contributed by atoms with Crippen molar-refractivity contribution in [2.75, 3.05) is 0 Å². The van der Waals surface area contributed by atoms with Gasteiger partial charge in [0.2, 0.25) is 0 Å². The number of nitrogens with zero attached hydrogens (tertiary/aromatic N) is 1. The van der Waals surface area contributed by atoms with Gasteiger partial charge in [0.25, 0.3) is 0 Å². The molecule has 0 saturated heterocycles. The molecule has 3 nitrogen and oxygen atoms in total. The third kappa shape index (κ3) is 1.34. The molecule has 1 N–H and O–H groups in total. The average Bonchev–Trinajstić information content (AvgIpc) is 2.40. The van der Waals surface area contributed by atoms with Crippen LogP contribution in [0.3, 0.4) is 0 Å². The standard InChI is InChI=1S/C10H11ClN2O/c1-6(2)13-9-5-7(11)3-4-8(9)12-10(13)14/h3-6H,1-2H3,(H,12,14). The lowest BCUT2D eigenvalue weighted by molar-refractivity contribution is 0.598. The molecule has 0 amide bonds. The first-order valence-electron chi connectivity index (χ1n) is 4.49. The minimum absolute atomic E-state index is 0.0859. The molecule has 0 bridgehead atoms. The highest BCUT2D eigenvalue weighted by molar-refractivity contribution is 6.31. The monoisotopic (exact) mass is 210 g/mol. The molecule has 0 saturated carbocycles. The van der Waals surface area contributed by atoms with Crippen molar-refractivity contribution in [2.24, 2.45) is 0 Å². The van der Waals surface area contributed by atoms with Crippen LogP contribution in [0.15, 0.2) is 23.0 Å². The third-order valence-electron chi connectivity index (χ3n) is 2.20. The van der Waals surface area contributed by atoms with E-state index in [1.54, 1.807) is 16.7 Å². The lowest BCUT2D eigenvalue weighted by atomic mass is 10.3. The SMILES string of the molecule is CC(C)n1c(=O)[nH]c2ccc(Cl)cc21. The van der Waals surface area contributed by atoms with Crippen LogP contribution in [-0.2, 0) is 0 Å². The first-order chi connectivity index (χ1) is 6.59. The Balaban J connectivity index is 2.86. The first-order valence-corrected chi connectivity index (χ1v) is 4.87. The maximum Gasteiger partial charge on any atom is 0.326 e. The number of H-pyrrole nitrogens is 1. The molecule has 0 aliphatic heterocycles. The van der Waals surface area contributed by atoms with Crippen molar-refractivity contribution >= 4 is 22.6 Å². The van der Waals surface area contributed by atoms with Gasteiger partial charge in [0, 0.05) is 11.1 Å². The predicted octanol–water partition coefficient (Wildman–Crippen LogP) is 2.56. The molecule has 1 aromatic heterocycles. The topological polar surface area (TPSA) is 37.8 Å². The number of hydrogen-bond donors (Lipinski definition) is 1. The number of rotatable bonds is 1. The normalized spacial score (nSPS) is 11.4. The van der Waals surface area contributed by atoms with Gasteiger partial charge in [-0.2, -0.15) is 0 Å². The van der Waals surface area contributed by atoms with E-state index in [1.807, 2.05) is 19.9 Å². The highest BCUT2D eigenvalue weighted by atomic mass is 35.5. The maximum atomic E-state index is 11.6. The zero-order valence-electron chi connectivity index (χ0n) is 8.04. The van der Waals surface area contributed by atoms with Crippen molar-refractivity contribution < 1.29 is 0 Å². The summed E-state index contributed by atoms with van der Waals surface area (Å²) in [5.41, 5.74) is 1.60. The average molecular weight is 211 g/mol. The summed E-state index contributed by atoms with van der Waals surface area (Å²) in [5.74, 6) is 0. The van der Waals surface area contributed by atoms with Gasteiger partial charge >= 0.3 is 5.69 Å². The van der Waals surface area contributed by atoms with E-state index < -0.39 is 0 Å². The minimum atomic E-state index is -0.0859. The number of fused-ring (bicyclic) bond motifs is 1. The molecular weight excluding hydrogens is 200 g/mol. The summed E-state index contributed by atoms with van der Waals surface area (Å²) in [6, 6.07) is 5.52. The molecule has 14 heavy (non-hydrogen) atoms. The van der Waals surface area contributed by atoms with Gasteiger partial charge in [0.1, 0.15) is 0 Å². The van der Waals surface area contributed by atoms with Crippen LogP contribution in [-0.4, -0.2) is 9.55 Å². The second kappa shape index (κ2) is 3.17. The number of aromatic amines is 1. The van der Waals surface area contributed by atoms with E-state index in [9.17, 15) is 4.79 Å². The van der Waals surface area contributed by atoms with Gasteiger partial charge in [0.15, 0.2) is 0 Å². The van der Waals surface area contributed by atoms with Crippen molar-refractivity contribution in [2.45, 2.75) is 19.9 Å². The Morgan fingerprint density at radius 3 is 2.79 bits per heavy atom. The summed E-state index contributed by atoms with van der Waals surface area (Å²) in [6.45, 7) is 3.94. The fourth-order valence-electron chi connectivity index (χ4n) is 1.61. The summed E-state index contributed by atoms with van der Waals surface area (Å²) in [5, 5.41) is 0.644. The van der Waals surface area contributed by atoms with Crippen molar-refractivity contribution in [3.63, 3.8) is 0 Å². The molecule has 2 rings (SSSR count). The number of hydrogen-bond acceptors (Lipinski definition) is 1. The molecule has 1 heterocycles. The van der Waals surface area contributed by atoms with Crippen molar-refractivity contribution in [3.8, 4) is 0 Å². The van der Waals surface area contributed by atoms with Crippen molar-refractivity contribution in [1.29, 1.82) is 0 Å². The van der Waals surface area contributed by atoms with Gasteiger partial charge in [-0.25, -0.2) is 4.79 Å². The van der Waals surface area contributed by atoms with Gasteiger partial charge in [-0.15, -0.1) is 0 Å². The molecule has 0 aliphatic rings. The van der Waals surface area contributed by atoms with Gasteiger partial charge in [-0.3, -0.25) is 4.57 Å². The zero-order valence-corrected chi connectivity index (χ0v) is 8.80. The van der Waals surface area contributed by atoms with E-state index in [4.69, 9.17) is 11.6 Å². The van der Waals surface area contributed by atoms with Gasteiger partial charge in [-0.1, -0.05) is 11.6 Å². The number of imidazole rings is 1. The highest BCUT2D eigenvalue weighted by Crippen LogP contribution is 2.18. The number of nitrogens with one attached hydrogen (secondary N) is 1. The summed E-state index contributed by atoms with van der Waals surface area (Å²) in [7, 11) is 0. The van der Waals surface area contributed by atoms with Crippen LogP contribution in [0.4, 0.5) is 0 Å². The molecular formula is C10H11ClN2O. The van der Waals surface area contributed by atoms with E-state index in [0.717, 1.165) is 11.0 Å². The van der Waals surface area contributed by atoms with E-state index >= 15 is 0 Å². The molecule has 4 heteroatoms. The summed E-state index contributed by atoms with van der Waals surface area (Å²) in [6.07, 6.45) is 0. The molecule has 0 fully saturated rings. The van der Waals surface area contributed by atoms with E-state index in [2.05, 4.69) is 4.98 Å². The smallest absolute Gasteiger partial charge is 0.306 e. The zero-order chi connectivity index (χ0) is 10.3. The van der Waals surface area contributed by atoms with Crippen LogP contribution in [0.2, 0.25) is 5.02 Å². The summed E-state index contributed by atoms with van der Waals surface area (Å²) >= 11 is 5.88. The lowest BCUT2D eigenvalue weighted by Gasteiger charge is -2.06. The maximum absolute atomic E-state index is 11.6. The van der Waals surface area contributed by atoms with Crippen LogP contribution >= 0.6 is 11.6 Å². The van der Waals surface area contributed by atoms with E-state index in [-0.39, 0.29) is 11.7 Å². The second-order valence-electron chi connectivity index (χ2n) is 3.56. The Kier molecular flexibility index (Phi) is 2.11. The fraction of sp³-hybridized carbons (Fsp3) is 0.300. The Hall–Kier alpha value is -1.22. The Morgan fingerprint density at radius 2 is 2.14 bits per heavy atom. The van der Waals surface area contributed by atoms with Crippen LogP contribution < -0.4 is 5.69 Å². The quantitative estimate of drug-likeness (QED) is 0.772. The minimum Gasteiger partial charge on any atom is -0.306 e. The van der Waals surface area contributed by atoms with Crippen LogP contribution in [0.25, 0.3) is 11.0 Å². The van der Waals surface area contributed by atoms with Gasteiger partial charge in [0.05, 0.1) is 11.0 Å². The number of benzene rings is 1. The predicted molar refractivity (Wildman–Crippen MR) is 58.0 cm³/mol. The molecule has 74 valence electrons. The lowest BCUT2D eigenvalue weighted by Crippen LogP contribution is -2.18. The molecule has 2 aromatic rings. The van der Waals surface area contributed by atoms with E-state index in [0.29, 0.717) is 5.02 Å². The van der Waals surface area contributed by atoms with Crippen molar-refractivity contribution in [1.82, 2.24) is 9.55 Å². The molecule has 0 aliphatic carbocycles. The largest absolute Gasteiger partial charge is 0.326 e. The van der Waals surface area contributed by atoms with Crippen LogP contribution in [0.5, 0.6) is 0 Å². The van der Waals surface area contributed by atoms with Gasteiger partial charge < -0.3 is 4.98 Å². The van der Waals surface area contributed by atoms with Crippen molar-refractivity contribution in [3.05, 3.63) is 33.7 Å². The van der Waals surface area contributed by atoms with Crippen LogP contribution in [0, 0.1) is 0 Å². The molecule has 1 aromatic carbocycles. The van der Waals surface area contributed by atoms with Gasteiger partial charge in [-0.05, 0) is 32.0 Å². The summed E-state index contributed by atoms with van der Waals surface area (Å²) in [4.78, 5) is 14.3. The third-order valence-corrected chi connectivity index (χ3v) is 2.43. The summed E-state index contributed by atoms with van der Waals surface area (Å²) < 4.78 is 1.70. The number of aromatic nitrogens is 2. The Bertz CT molecular complexity index is 524. The molecule has 0 atom stereocenters. The second-order valence-corrected chi connectivity index (χ2v) is 3.99. The molecule has 0 radical (unpaired) electrons. The Labute approximate surface area is 86.3 Å². The van der Waals surface area contributed by atoms with E-state index in [1.165, 1.54) is 0 Å². The fourth-order valence-corrected chi connectivity index (χ4v) is 1.77. The highest BCUT2D eigenvalue weighted by Gasteiger charge is 2.09. The first kappa shape index (κ1) is 9.34. The van der Waals surface area contributed by atoms with Crippen LogP contribution in [0.1, 0.15) is 19.9 Å². The Morgan fingerprint density at radius 1 is 1.43 bits per heavy atom.